The zero-order valence-corrected chi connectivity index (χ0v) is 19.1. The van der Waals surface area contributed by atoms with Crippen LogP contribution in [0.5, 0.6) is 0 Å². The third kappa shape index (κ3) is 4.25. The molecule has 0 bridgehead atoms. The predicted molar refractivity (Wildman–Crippen MR) is 136 cm³/mol. The summed E-state index contributed by atoms with van der Waals surface area (Å²) in [6.45, 7) is 3.99. The second kappa shape index (κ2) is 8.22. The van der Waals surface area contributed by atoms with Crippen LogP contribution in [0.15, 0.2) is 95.9 Å². The van der Waals surface area contributed by atoms with Gasteiger partial charge in [-0.25, -0.2) is 13.4 Å². The SMILES string of the molecule is Cc1ccc(S(=O)(=O)Nc2ccc(Nc3c4ccccc4nc4ccc(C)cc34)cc2)cc1. The third-order valence-electron chi connectivity index (χ3n) is 5.57. The largest absolute Gasteiger partial charge is 0.354 e. The van der Waals surface area contributed by atoms with Crippen LogP contribution in [0.25, 0.3) is 21.8 Å². The van der Waals surface area contributed by atoms with Crippen molar-refractivity contribution in [3.8, 4) is 0 Å². The van der Waals surface area contributed by atoms with E-state index >= 15 is 0 Å². The van der Waals surface area contributed by atoms with Gasteiger partial charge in [0.2, 0.25) is 0 Å². The van der Waals surface area contributed by atoms with Gasteiger partial charge in [0.1, 0.15) is 0 Å². The van der Waals surface area contributed by atoms with E-state index in [-0.39, 0.29) is 4.90 Å². The molecule has 0 aliphatic heterocycles. The lowest BCUT2D eigenvalue weighted by Crippen LogP contribution is -2.12. The van der Waals surface area contributed by atoms with Crippen molar-refractivity contribution < 1.29 is 8.42 Å². The monoisotopic (exact) mass is 453 g/mol. The summed E-state index contributed by atoms with van der Waals surface area (Å²) >= 11 is 0. The fourth-order valence-electron chi connectivity index (χ4n) is 3.84. The Balaban J connectivity index is 1.47. The number of rotatable bonds is 5. The Bertz CT molecular complexity index is 1580. The molecule has 164 valence electrons. The molecule has 0 aliphatic rings. The van der Waals surface area contributed by atoms with Gasteiger partial charge in [-0.1, -0.05) is 47.5 Å². The molecule has 0 spiro atoms. The molecule has 5 rings (SSSR count). The summed E-state index contributed by atoms with van der Waals surface area (Å²) in [6, 6.07) is 28.3. The lowest BCUT2D eigenvalue weighted by molar-refractivity contribution is 0.601. The molecule has 0 fully saturated rings. The van der Waals surface area contributed by atoms with Crippen molar-refractivity contribution in [2.75, 3.05) is 10.0 Å². The highest BCUT2D eigenvalue weighted by molar-refractivity contribution is 7.92. The van der Waals surface area contributed by atoms with Crippen LogP contribution in [0.3, 0.4) is 0 Å². The van der Waals surface area contributed by atoms with Crippen LogP contribution in [0, 0.1) is 13.8 Å². The molecule has 0 unspecified atom stereocenters. The predicted octanol–water partition coefficient (Wildman–Crippen LogP) is 6.55. The molecular weight excluding hydrogens is 430 g/mol. The zero-order valence-electron chi connectivity index (χ0n) is 18.3. The summed E-state index contributed by atoms with van der Waals surface area (Å²) in [6.07, 6.45) is 0. The Hall–Kier alpha value is -3.90. The highest BCUT2D eigenvalue weighted by Crippen LogP contribution is 2.34. The van der Waals surface area contributed by atoms with E-state index in [2.05, 4.69) is 35.2 Å². The first kappa shape index (κ1) is 21.0. The Morgan fingerprint density at radius 1 is 0.667 bits per heavy atom. The first-order chi connectivity index (χ1) is 15.9. The van der Waals surface area contributed by atoms with Crippen LogP contribution in [-0.2, 0) is 10.0 Å². The average Bonchev–Trinajstić information content (AvgIpc) is 2.80. The normalized spacial score (nSPS) is 11.6. The quantitative estimate of drug-likeness (QED) is 0.296. The van der Waals surface area contributed by atoms with Crippen molar-refractivity contribution in [1.82, 2.24) is 4.98 Å². The van der Waals surface area contributed by atoms with E-state index < -0.39 is 10.0 Å². The molecule has 0 saturated carbocycles. The summed E-state index contributed by atoms with van der Waals surface area (Å²) in [5.74, 6) is 0. The molecule has 2 N–H and O–H groups in total. The molecule has 0 amide bonds. The average molecular weight is 454 g/mol. The third-order valence-corrected chi connectivity index (χ3v) is 6.97. The van der Waals surface area contributed by atoms with Gasteiger partial charge in [-0.3, -0.25) is 4.72 Å². The van der Waals surface area contributed by atoms with Gasteiger partial charge in [0.25, 0.3) is 10.0 Å². The Kier molecular flexibility index (Phi) is 5.23. The molecule has 0 saturated heterocycles. The first-order valence-electron chi connectivity index (χ1n) is 10.6. The van der Waals surface area contributed by atoms with E-state index in [1.807, 2.05) is 43.3 Å². The topological polar surface area (TPSA) is 71.1 Å². The van der Waals surface area contributed by atoms with Crippen molar-refractivity contribution in [1.29, 1.82) is 0 Å². The maximum Gasteiger partial charge on any atom is 0.261 e. The Labute approximate surface area is 193 Å². The number of anilines is 3. The van der Waals surface area contributed by atoms with E-state index in [1.54, 1.807) is 36.4 Å². The van der Waals surface area contributed by atoms with Gasteiger partial charge in [0.15, 0.2) is 0 Å². The number of pyridine rings is 1. The Morgan fingerprint density at radius 2 is 1.30 bits per heavy atom. The first-order valence-corrected chi connectivity index (χ1v) is 12.1. The lowest BCUT2D eigenvalue weighted by Gasteiger charge is -2.14. The second-order valence-corrected chi connectivity index (χ2v) is 9.83. The number of sulfonamides is 1. The summed E-state index contributed by atoms with van der Waals surface area (Å²) < 4.78 is 28.0. The van der Waals surface area contributed by atoms with Crippen LogP contribution in [0.4, 0.5) is 17.1 Å². The maximum atomic E-state index is 12.7. The minimum absolute atomic E-state index is 0.236. The van der Waals surface area contributed by atoms with Gasteiger partial charge in [0.05, 0.1) is 21.6 Å². The molecule has 0 radical (unpaired) electrons. The maximum absolute atomic E-state index is 12.7. The van der Waals surface area contributed by atoms with Gasteiger partial charge in [-0.2, -0.15) is 0 Å². The van der Waals surface area contributed by atoms with Gasteiger partial charge in [0, 0.05) is 22.1 Å². The molecule has 0 atom stereocenters. The summed E-state index contributed by atoms with van der Waals surface area (Å²) in [5, 5.41) is 5.60. The number of hydrogen-bond acceptors (Lipinski definition) is 4. The highest BCUT2D eigenvalue weighted by Gasteiger charge is 2.14. The molecule has 1 aromatic heterocycles. The van der Waals surface area contributed by atoms with Gasteiger partial charge >= 0.3 is 0 Å². The smallest absolute Gasteiger partial charge is 0.261 e. The summed E-state index contributed by atoms with van der Waals surface area (Å²) in [4.78, 5) is 5.03. The number of benzene rings is 4. The van der Waals surface area contributed by atoms with E-state index in [4.69, 9.17) is 4.98 Å². The van der Waals surface area contributed by atoms with Crippen molar-refractivity contribution in [2.24, 2.45) is 0 Å². The number of para-hydroxylation sites is 1. The molecule has 0 aliphatic carbocycles. The van der Waals surface area contributed by atoms with Crippen molar-refractivity contribution >= 4 is 48.9 Å². The van der Waals surface area contributed by atoms with Gasteiger partial charge in [-0.15, -0.1) is 0 Å². The zero-order chi connectivity index (χ0) is 23.0. The number of aromatic nitrogens is 1. The van der Waals surface area contributed by atoms with Crippen molar-refractivity contribution in [3.63, 3.8) is 0 Å². The fourth-order valence-corrected chi connectivity index (χ4v) is 4.90. The van der Waals surface area contributed by atoms with Crippen molar-refractivity contribution in [2.45, 2.75) is 18.7 Å². The van der Waals surface area contributed by atoms with Gasteiger partial charge in [-0.05, 0) is 68.4 Å². The molecule has 1 heterocycles. The van der Waals surface area contributed by atoms with Crippen molar-refractivity contribution in [3.05, 3.63) is 102 Å². The minimum atomic E-state index is -3.64. The van der Waals surface area contributed by atoms with E-state index in [0.717, 1.165) is 44.3 Å². The van der Waals surface area contributed by atoms with Gasteiger partial charge < -0.3 is 5.32 Å². The fraction of sp³-hybridized carbons (Fsp3) is 0.0741. The molecule has 33 heavy (non-hydrogen) atoms. The van der Waals surface area contributed by atoms with E-state index in [0.29, 0.717) is 5.69 Å². The lowest BCUT2D eigenvalue weighted by atomic mass is 10.1. The molecular formula is C27H23N3O2S. The summed E-state index contributed by atoms with van der Waals surface area (Å²) in [5.41, 5.74) is 6.34. The highest BCUT2D eigenvalue weighted by atomic mass is 32.2. The number of nitrogens with zero attached hydrogens (tertiary/aromatic N) is 1. The molecule has 5 aromatic rings. The van der Waals surface area contributed by atoms with Crippen LogP contribution in [0.2, 0.25) is 0 Å². The molecule has 6 heteroatoms. The number of hydrogen-bond donors (Lipinski definition) is 2. The number of nitrogens with one attached hydrogen (secondary N) is 2. The standard InChI is InChI=1S/C27H23N3O2S/c1-18-7-14-22(15-8-18)33(31,32)30-21-12-10-20(11-13-21)28-27-23-5-3-4-6-25(23)29-26-16-9-19(2)17-24(26)27/h3-17,30H,1-2H3,(H,28,29). The van der Waals surface area contributed by atoms with Crippen LogP contribution in [-0.4, -0.2) is 13.4 Å². The van der Waals surface area contributed by atoms with E-state index in [9.17, 15) is 8.42 Å². The van der Waals surface area contributed by atoms with E-state index in [1.165, 1.54) is 0 Å². The molecule has 5 nitrogen and oxygen atoms in total. The second-order valence-electron chi connectivity index (χ2n) is 8.15. The Morgan fingerprint density at radius 3 is 2.06 bits per heavy atom. The minimum Gasteiger partial charge on any atom is -0.354 e. The molecule has 4 aromatic carbocycles. The summed E-state index contributed by atoms with van der Waals surface area (Å²) in [7, 11) is -3.64. The van der Waals surface area contributed by atoms with Crippen LogP contribution in [0.1, 0.15) is 11.1 Å². The number of aryl methyl sites for hydroxylation is 2. The van der Waals surface area contributed by atoms with Crippen LogP contribution < -0.4 is 10.0 Å². The number of fused-ring (bicyclic) bond motifs is 2. The van der Waals surface area contributed by atoms with Crippen LogP contribution >= 0.6 is 0 Å².